The van der Waals surface area contributed by atoms with Crippen molar-refractivity contribution in [2.45, 2.75) is 174 Å². The fourth-order valence-electron chi connectivity index (χ4n) is 6.38. The second-order valence-electron chi connectivity index (χ2n) is 17.0. The molecule has 2 atom stereocenters. The first-order valence-electron chi connectivity index (χ1n) is 24.6. The number of carbonyl (C=O) groups excluding carboxylic acids is 2. The molecule has 0 saturated heterocycles. The summed E-state index contributed by atoms with van der Waals surface area (Å²) in [5.41, 5.74) is 0. The number of aliphatic carboxylic acids is 1. The van der Waals surface area contributed by atoms with Crippen LogP contribution in [0.5, 0.6) is 0 Å². The summed E-state index contributed by atoms with van der Waals surface area (Å²) in [6.07, 6.45) is 63.9. The summed E-state index contributed by atoms with van der Waals surface area (Å²) < 4.78 is 17.3. The Morgan fingerprint density at radius 3 is 1.25 bits per heavy atom. The molecule has 0 bridgehead atoms. The standard InChI is InChI=1S/C56H89NO7/c1-6-8-10-12-14-16-18-20-22-24-26-27-29-30-32-34-36-38-40-42-44-46-54(58)63-51-52(50-62-49-48-53(56(60)61)57(3,4)5)64-55(59)47-45-43-41-39-37-35-33-31-28-25-23-21-19-17-15-13-11-9-7-2/h8-11,14-17,20-23,26-28,30-32,36,38,52-53H,6-7,12-13,18-19,24-25,29,33-35,37,39-51H2,1-5H3/p+1/b10-8+,11-9+,16-14+,17-15+,22-20+,23-21+,27-26+,31-28+,32-30+,38-36+. The minimum absolute atomic E-state index is 0.0322. The first-order valence-corrected chi connectivity index (χ1v) is 24.6. The predicted octanol–water partition coefficient (Wildman–Crippen LogP) is 14.2. The zero-order valence-corrected chi connectivity index (χ0v) is 40.9. The topological polar surface area (TPSA) is 99.1 Å². The van der Waals surface area contributed by atoms with Crippen molar-refractivity contribution in [1.82, 2.24) is 0 Å². The van der Waals surface area contributed by atoms with Gasteiger partial charge in [-0.15, -0.1) is 0 Å². The van der Waals surface area contributed by atoms with E-state index in [9.17, 15) is 19.5 Å². The number of carboxylic acid groups (broad SMARTS) is 1. The molecule has 64 heavy (non-hydrogen) atoms. The first kappa shape index (κ1) is 59.7. The molecule has 0 aliphatic heterocycles. The number of hydrogen-bond donors (Lipinski definition) is 1. The highest BCUT2D eigenvalue weighted by molar-refractivity contribution is 5.72. The molecule has 8 nitrogen and oxygen atoms in total. The van der Waals surface area contributed by atoms with Gasteiger partial charge in [-0.1, -0.05) is 161 Å². The van der Waals surface area contributed by atoms with E-state index in [4.69, 9.17) is 14.2 Å². The number of esters is 2. The Hall–Kier alpha value is -4.27. The molecule has 0 fully saturated rings. The summed E-state index contributed by atoms with van der Waals surface area (Å²) in [5.74, 6) is -1.56. The van der Waals surface area contributed by atoms with Crippen molar-refractivity contribution in [3.05, 3.63) is 122 Å². The summed E-state index contributed by atoms with van der Waals surface area (Å²) in [6.45, 7) is 4.43. The number of rotatable bonds is 42. The number of carbonyl (C=O) groups is 3. The number of quaternary nitrogens is 1. The van der Waals surface area contributed by atoms with Crippen LogP contribution in [0.25, 0.3) is 0 Å². The van der Waals surface area contributed by atoms with E-state index in [1.165, 1.54) is 12.8 Å². The second-order valence-corrected chi connectivity index (χ2v) is 17.0. The van der Waals surface area contributed by atoms with Crippen molar-refractivity contribution in [2.75, 3.05) is 41.0 Å². The van der Waals surface area contributed by atoms with Crippen LogP contribution in [0.4, 0.5) is 0 Å². The van der Waals surface area contributed by atoms with Crippen molar-refractivity contribution in [3.8, 4) is 0 Å². The monoisotopic (exact) mass is 889 g/mol. The maximum atomic E-state index is 12.8. The van der Waals surface area contributed by atoms with Crippen LogP contribution in [0.15, 0.2) is 122 Å². The molecule has 0 aromatic heterocycles. The third-order valence-electron chi connectivity index (χ3n) is 10.1. The molecular formula is C56H90NO7+. The summed E-state index contributed by atoms with van der Waals surface area (Å²) in [5, 5.41) is 9.65. The van der Waals surface area contributed by atoms with E-state index >= 15 is 0 Å². The number of hydrogen-bond acceptors (Lipinski definition) is 6. The molecule has 0 radical (unpaired) electrons. The van der Waals surface area contributed by atoms with Gasteiger partial charge in [0.1, 0.15) is 6.61 Å². The molecule has 0 aliphatic rings. The van der Waals surface area contributed by atoms with Gasteiger partial charge in [-0.25, -0.2) is 4.79 Å². The largest absolute Gasteiger partial charge is 0.477 e. The summed E-state index contributed by atoms with van der Waals surface area (Å²) in [7, 11) is 5.50. The van der Waals surface area contributed by atoms with E-state index in [-0.39, 0.29) is 42.7 Å². The van der Waals surface area contributed by atoms with Gasteiger partial charge in [-0.3, -0.25) is 9.59 Å². The minimum Gasteiger partial charge on any atom is -0.477 e. The molecule has 360 valence electrons. The first-order chi connectivity index (χ1) is 31.1. The second kappa shape index (κ2) is 45.3. The minimum atomic E-state index is -0.889. The SMILES string of the molecule is CC/C=C/C/C=C/C/C=C/C/C=C/C/C=C/C/C=C/CCCCC(=O)OCC(COCCC(C(=O)O)[N+](C)(C)C)OC(=O)CCCCCCCC/C=C/C/C=C/C/C=C/C/C=C/CC. The fourth-order valence-corrected chi connectivity index (χ4v) is 6.38. The number of ether oxygens (including phenoxy) is 3. The zero-order chi connectivity index (χ0) is 47.0. The molecule has 0 rings (SSSR count). The van der Waals surface area contributed by atoms with Gasteiger partial charge in [0, 0.05) is 19.3 Å². The van der Waals surface area contributed by atoms with Crippen LogP contribution in [0, 0.1) is 0 Å². The number of nitrogens with zero attached hydrogens (tertiary/aromatic N) is 1. The molecule has 8 heteroatoms. The number of allylic oxidation sites excluding steroid dienone is 20. The highest BCUT2D eigenvalue weighted by Gasteiger charge is 2.31. The molecule has 0 saturated carbocycles. The van der Waals surface area contributed by atoms with E-state index in [1.54, 1.807) is 0 Å². The predicted molar refractivity (Wildman–Crippen MR) is 270 cm³/mol. The van der Waals surface area contributed by atoms with E-state index in [0.717, 1.165) is 109 Å². The van der Waals surface area contributed by atoms with Gasteiger partial charge in [0.15, 0.2) is 12.1 Å². The van der Waals surface area contributed by atoms with Gasteiger partial charge in [0.25, 0.3) is 0 Å². The van der Waals surface area contributed by atoms with E-state index < -0.39 is 18.1 Å². The number of likely N-dealkylation sites (N-methyl/N-ethyl adjacent to an activating group) is 1. The highest BCUT2D eigenvalue weighted by Crippen LogP contribution is 2.13. The lowest BCUT2D eigenvalue weighted by atomic mass is 10.1. The quantitative estimate of drug-likeness (QED) is 0.0282. The Kier molecular flexibility index (Phi) is 42.3. The van der Waals surface area contributed by atoms with Crippen molar-refractivity contribution in [2.24, 2.45) is 0 Å². The van der Waals surface area contributed by atoms with Gasteiger partial charge in [0.05, 0.1) is 34.4 Å². The number of carboxylic acids is 1. The maximum Gasteiger partial charge on any atom is 0.362 e. The molecule has 0 spiro atoms. The molecule has 1 N–H and O–H groups in total. The van der Waals surface area contributed by atoms with Gasteiger partial charge < -0.3 is 23.8 Å². The smallest absolute Gasteiger partial charge is 0.362 e. The third-order valence-corrected chi connectivity index (χ3v) is 10.1. The Morgan fingerprint density at radius 2 is 0.828 bits per heavy atom. The molecular weight excluding hydrogens is 799 g/mol. The maximum absolute atomic E-state index is 12.8. The molecule has 0 aromatic rings. The van der Waals surface area contributed by atoms with E-state index in [1.807, 2.05) is 21.1 Å². The third kappa shape index (κ3) is 43.0. The molecule has 0 heterocycles. The Labute approximate surface area is 391 Å². The lowest BCUT2D eigenvalue weighted by Gasteiger charge is -2.31. The van der Waals surface area contributed by atoms with Gasteiger partial charge in [-0.2, -0.15) is 0 Å². The summed E-state index contributed by atoms with van der Waals surface area (Å²) in [4.78, 5) is 37.1. The molecule has 2 unspecified atom stereocenters. The summed E-state index contributed by atoms with van der Waals surface area (Å²) in [6, 6.07) is -0.633. The molecule has 0 aromatic carbocycles. The number of unbranched alkanes of at least 4 members (excludes halogenated alkanes) is 8. The Morgan fingerprint density at radius 1 is 0.469 bits per heavy atom. The van der Waals surface area contributed by atoms with Crippen LogP contribution in [-0.2, 0) is 28.6 Å². The van der Waals surface area contributed by atoms with Crippen molar-refractivity contribution in [3.63, 3.8) is 0 Å². The Bertz CT molecular complexity index is 1450. The lowest BCUT2D eigenvalue weighted by molar-refractivity contribution is -0.887. The van der Waals surface area contributed by atoms with Crippen molar-refractivity contribution >= 4 is 17.9 Å². The fraction of sp³-hybridized carbons (Fsp3) is 0.589. The van der Waals surface area contributed by atoms with Gasteiger partial charge in [-0.05, 0) is 103 Å². The van der Waals surface area contributed by atoms with Gasteiger partial charge in [0.2, 0.25) is 0 Å². The average molecular weight is 889 g/mol. The normalized spacial score (nSPS) is 14.0. The highest BCUT2D eigenvalue weighted by atomic mass is 16.6. The van der Waals surface area contributed by atoms with Gasteiger partial charge >= 0.3 is 17.9 Å². The van der Waals surface area contributed by atoms with Crippen LogP contribution in [0.2, 0.25) is 0 Å². The van der Waals surface area contributed by atoms with E-state index in [2.05, 4.69) is 135 Å². The Balaban J connectivity index is 4.42. The molecule has 0 aliphatic carbocycles. The van der Waals surface area contributed by atoms with Crippen LogP contribution >= 0.6 is 0 Å². The van der Waals surface area contributed by atoms with Crippen LogP contribution in [-0.4, -0.2) is 80.6 Å². The summed E-state index contributed by atoms with van der Waals surface area (Å²) >= 11 is 0. The molecule has 0 amide bonds. The van der Waals surface area contributed by atoms with Crippen LogP contribution < -0.4 is 0 Å². The lowest BCUT2D eigenvalue weighted by Crippen LogP contribution is -2.50. The van der Waals surface area contributed by atoms with Crippen LogP contribution in [0.1, 0.15) is 162 Å². The average Bonchev–Trinajstić information content (AvgIpc) is 3.26. The van der Waals surface area contributed by atoms with Crippen LogP contribution in [0.3, 0.4) is 0 Å². The van der Waals surface area contributed by atoms with E-state index in [0.29, 0.717) is 19.3 Å². The van der Waals surface area contributed by atoms with Crippen molar-refractivity contribution in [1.29, 1.82) is 0 Å². The van der Waals surface area contributed by atoms with Crippen molar-refractivity contribution < 1.29 is 38.2 Å². The zero-order valence-electron chi connectivity index (χ0n) is 40.9.